The van der Waals surface area contributed by atoms with E-state index in [4.69, 9.17) is 4.74 Å². The molecule has 2 bridgehead atoms. The van der Waals surface area contributed by atoms with Crippen molar-refractivity contribution in [1.82, 2.24) is 0 Å². The minimum absolute atomic E-state index is 0.0936. The number of hydrogen-bond acceptors (Lipinski definition) is 1. The molecular formula is C22H24O. The molecule has 0 aromatic heterocycles. The van der Waals surface area contributed by atoms with Crippen LogP contribution in [0.15, 0.2) is 54.6 Å². The molecule has 1 heteroatoms. The number of ether oxygens (including phenoxy) is 1. The van der Waals surface area contributed by atoms with Crippen molar-refractivity contribution in [2.75, 3.05) is 0 Å². The summed E-state index contributed by atoms with van der Waals surface area (Å²) in [7, 11) is 0. The van der Waals surface area contributed by atoms with Gasteiger partial charge in [0.1, 0.15) is 0 Å². The van der Waals surface area contributed by atoms with Crippen molar-refractivity contribution in [3.05, 3.63) is 65.8 Å². The molecular weight excluding hydrogens is 280 g/mol. The molecule has 118 valence electrons. The van der Waals surface area contributed by atoms with Crippen molar-refractivity contribution in [2.24, 2.45) is 17.8 Å². The lowest BCUT2D eigenvalue weighted by Crippen LogP contribution is -2.52. The zero-order valence-corrected chi connectivity index (χ0v) is 13.7. The summed E-state index contributed by atoms with van der Waals surface area (Å²) in [5, 5.41) is 0. The van der Waals surface area contributed by atoms with Gasteiger partial charge in [0.25, 0.3) is 0 Å². The number of fused-ring (bicyclic) bond motifs is 4. The Labute approximate surface area is 138 Å². The Balaban J connectivity index is 1.56. The minimum atomic E-state index is 0.0936. The molecule has 2 fully saturated rings. The van der Waals surface area contributed by atoms with Crippen molar-refractivity contribution in [3.8, 4) is 0 Å². The Morgan fingerprint density at radius 2 is 1.83 bits per heavy atom. The highest BCUT2D eigenvalue weighted by Crippen LogP contribution is 2.57. The van der Waals surface area contributed by atoms with Gasteiger partial charge in [-0.25, -0.2) is 0 Å². The standard InChI is InChI=1S/C22H24O/c1-15-6-8-16(9-7-15)18-12-21-20-5-3-2-4-17(20)13-22(14-18,23-21)19-10-11-19/h2-9,12,17,19-21H,10-11,13-14H2,1H3/t17?,20?,21-,22-/m1/s1. The Bertz CT molecular complexity index is 704. The fourth-order valence-electron chi connectivity index (χ4n) is 4.85. The van der Waals surface area contributed by atoms with Crippen LogP contribution in [0.3, 0.4) is 0 Å². The summed E-state index contributed by atoms with van der Waals surface area (Å²) in [6.45, 7) is 2.16. The first-order valence-electron chi connectivity index (χ1n) is 9.04. The van der Waals surface area contributed by atoms with Crippen molar-refractivity contribution in [1.29, 1.82) is 0 Å². The second kappa shape index (κ2) is 4.95. The zero-order chi connectivity index (χ0) is 15.4. The lowest BCUT2D eigenvalue weighted by atomic mass is 9.67. The van der Waals surface area contributed by atoms with Gasteiger partial charge in [-0.15, -0.1) is 0 Å². The SMILES string of the molecule is Cc1ccc(C2=C[C@H]3O[C@@](C4CC4)(C2)CC2C=CC=CC23)cc1. The molecule has 1 nitrogen and oxygen atoms in total. The minimum Gasteiger partial charge on any atom is -0.366 e. The molecule has 2 aliphatic carbocycles. The van der Waals surface area contributed by atoms with Crippen LogP contribution in [0.25, 0.3) is 5.57 Å². The molecule has 2 heterocycles. The molecule has 23 heavy (non-hydrogen) atoms. The third-order valence-electron chi connectivity index (χ3n) is 6.23. The highest BCUT2D eigenvalue weighted by Gasteiger charge is 2.55. The summed E-state index contributed by atoms with van der Waals surface area (Å²) in [6.07, 6.45) is 16.9. The van der Waals surface area contributed by atoms with E-state index in [0.717, 1.165) is 12.3 Å². The van der Waals surface area contributed by atoms with Crippen LogP contribution in [-0.2, 0) is 4.74 Å². The Morgan fingerprint density at radius 3 is 2.61 bits per heavy atom. The molecule has 1 aromatic carbocycles. The largest absolute Gasteiger partial charge is 0.366 e. The van der Waals surface area contributed by atoms with Crippen molar-refractivity contribution in [2.45, 2.75) is 44.3 Å². The summed E-state index contributed by atoms with van der Waals surface area (Å²) in [5.74, 6) is 1.96. The van der Waals surface area contributed by atoms with Gasteiger partial charge in [-0.1, -0.05) is 60.2 Å². The van der Waals surface area contributed by atoms with E-state index in [1.54, 1.807) is 0 Å². The third kappa shape index (κ3) is 2.25. The average molecular weight is 304 g/mol. The molecule has 2 unspecified atom stereocenters. The van der Waals surface area contributed by atoms with E-state index in [1.807, 2.05) is 0 Å². The smallest absolute Gasteiger partial charge is 0.0837 e. The fourth-order valence-corrected chi connectivity index (χ4v) is 4.85. The monoisotopic (exact) mass is 304 g/mol. The third-order valence-corrected chi connectivity index (χ3v) is 6.23. The van der Waals surface area contributed by atoms with E-state index in [2.05, 4.69) is 61.6 Å². The highest BCUT2D eigenvalue weighted by atomic mass is 16.5. The van der Waals surface area contributed by atoms with Gasteiger partial charge in [-0.05, 0) is 49.2 Å². The molecule has 2 aliphatic heterocycles. The maximum absolute atomic E-state index is 6.72. The van der Waals surface area contributed by atoms with E-state index in [0.29, 0.717) is 11.8 Å². The first kappa shape index (κ1) is 13.8. The van der Waals surface area contributed by atoms with Crippen molar-refractivity contribution >= 4 is 5.57 Å². The van der Waals surface area contributed by atoms with Crippen LogP contribution < -0.4 is 0 Å². The summed E-state index contributed by atoms with van der Waals surface area (Å²) in [6, 6.07) is 9.04. The number of allylic oxidation sites excluding steroid dienone is 3. The van der Waals surface area contributed by atoms with Gasteiger partial charge < -0.3 is 4.74 Å². The topological polar surface area (TPSA) is 9.23 Å². The van der Waals surface area contributed by atoms with Crippen LogP contribution in [-0.4, -0.2) is 11.7 Å². The van der Waals surface area contributed by atoms with Gasteiger partial charge >= 0.3 is 0 Å². The summed E-state index contributed by atoms with van der Waals surface area (Å²) < 4.78 is 6.72. The predicted octanol–water partition coefficient (Wildman–Crippen LogP) is 5.08. The van der Waals surface area contributed by atoms with Crippen LogP contribution in [0.4, 0.5) is 0 Å². The highest BCUT2D eigenvalue weighted by molar-refractivity contribution is 5.68. The molecule has 0 N–H and O–H groups in total. The van der Waals surface area contributed by atoms with E-state index in [1.165, 1.54) is 36.0 Å². The molecule has 1 aromatic rings. The summed E-state index contributed by atoms with van der Waals surface area (Å²) in [5.41, 5.74) is 4.33. The van der Waals surface area contributed by atoms with Crippen LogP contribution in [0.5, 0.6) is 0 Å². The molecule has 1 saturated carbocycles. The summed E-state index contributed by atoms with van der Waals surface area (Å²) >= 11 is 0. The number of rotatable bonds is 2. The average Bonchev–Trinajstić information content (AvgIpc) is 3.41. The lowest BCUT2D eigenvalue weighted by Gasteiger charge is -2.51. The zero-order valence-electron chi connectivity index (χ0n) is 13.7. The lowest BCUT2D eigenvalue weighted by molar-refractivity contribution is -0.155. The number of benzene rings is 1. The predicted molar refractivity (Wildman–Crippen MR) is 94.0 cm³/mol. The first-order valence-corrected chi connectivity index (χ1v) is 9.04. The van der Waals surface area contributed by atoms with Gasteiger partial charge in [0.15, 0.2) is 0 Å². The number of aryl methyl sites for hydroxylation is 1. The Hall–Kier alpha value is -1.60. The quantitative estimate of drug-likeness (QED) is 0.740. The van der Waals surface area contributed by atoms with Crippen molar-refractivity contribution < 1.29 is 4.74 Å². The summed E-state index contributed by atoms with van der Waals surface area (Å²) in [4.78, 5) is 0. The van der Waals surface area contributed by atoms with Crippen LogP contribution in [0.2, 0.25) is 0 Å². The van der Waals surface area contributed by atoms with E-state index in [9.17, 15) is 0 Å². The second-order valence-corrected chi connectivity index (χ2v) is 7.87. The van der Waals surface area contributed by atoms with E-state index in [-0.39, 0.29) is 11.7 Å². The first-order chi connectivity index (χ1) is 11.2. The molecule has 0 spiro atoms. The van der Waals surface area contributed by atoms with Crippen molar-refractivity contribution in [3.63, 3.8) is 0 Å². The van der Waals surface area contributed by atoms with Crippen LogP contribution in [0.1, 0.15) is 36.8 Å². The van der Waals surface area contributed by atoms with Gasteiger partial charge in [0, 0.05) is 12.3 Å². The van der Waals surface area contributed by atoms with Gasteiger partial charge in [0.05, 0.1) is 11.7 Å². The molecule has 0 amide bonds. The van der Waals surface area contributed by atoms with Gasteiger partial charge in [-0.3, -0.25) is 0 Å². The number of hydrogen-bond donors (Lipinski definition) is 0. The second-order valence-electron chi connectivity index (χ2n) is 7.87. The Kier molecular flexibility index (Phi) is 2.97. The molecule has 4 aliphatic rings. The maximum atomic E-state index is 6.72. The normalized spacial score (nSPS) is 38.1. The molecule has 0 radical (unpaired) electrons. The molecule has 4 atom stereocenters. The fraction of sp³-hybridized carbons (Fsp3) is 0.455. The van der Waals surface area contributed by atoms with Gasteiger partial charge in [-0.2, -0.15) is 0 Å². The maximum Gasteiger partial charge on any atom is 0.0837 e. The van der Waals surface area contributed by atoms with E-state index < -0.39 is 0 Å². The Morgan fingerprint density at radius 1 is 1.04 bits per heavy atom. The van der Waals surface area contributed by atoms with Gasteiger partial charge in [0.2, 0.25) is 0 Å². The molecule has 1 saturated heterocycles. The van der Waals surface area contributed by atoms with E-state index >= 15 is 0 Å². The van der Waals surface area contributed by atoms with Crippen LogP contribution >= 0.6 is 0 Å². The molecule has 5 rings (SSSR count). The van der Waals surface area contributed by atoms with Crippen LogP contribution in [0, 0.1) is 24.7 Å².